The molecule has 58 heavy (non-hydrogen) atoms. The Morgan fingerprint density at radius 3 is 1.12 bits per heavy atom. The van der Waals surface area contributed by atoms with Gasteiger partial charge < -0.3 is 14.2 Å². The molecule has 0 rings (SSSR count). The fourth-order valence-electron chi connectivity index (χ4n) is 6.55. The monoisotopic (exact) mass is 811 g/mol. The molecule has 0 saturated heterocycles. The zero-order chi connectivity index (χ0) is 42.3. The summed E-state index contributed by atoms with van der Waals surface area (Å²) in [5, 5.41) is 0. The summed E-state index contributed by atoms with van der Waals surface area (Å²) in [5.41, 5.74) is 0. The van der Waals surface area contributed by atoms with Gasteiger partial charge in [0.25, 0.3) is 0 Å². The molecular formula is C52H90O6. The van der Waals surface area contributed by atoms with Crippen molar-refractivity contribution in [3.63, 3.8) is 0 Å². The smallest absolute Gasteiger partial charge is 0.306 e. The highest BCUT2D eigenvalue weighted by Crippen LogP contribution is 2.13. The Labute approximate surface area is 358 Å². The first-order valence-electron chi connectivity index (χ1n) is 24.3. The molecular weight excluding hydrogens is 721 g/mol. The zero-order valence-electron chi connectivity index (χ0n) is 38.0. The highest BCUT2D eigenvalue weighted by atomic mass is 16.6. The van der Waals surface area contributed by atoms with Gasteiger partial charge in [0.2, 0.25) is 0 Å². The van der Waals surface area contributed by atoms with Crippen molar-refractivity contribution in [2.75, 3.05) is 13.2 Å². The van der Waals surface area contributed by atoms with Crippen LogP contribution in [0, 0.1) is 0 Å². The van der Waals surface area contributed by atoms with Gasteiger partial charge in [0.05, 0.1) is 0 Å². The number of esters is 3. The molecule has 0 aromatic heterocycles. The van der Waals surface area contributed by atoms with Gasteiger partial charge in [0, 0.05) is 19.3 Å². The lowest BCUT2D eigenvalue weighted by molar-refractivity contribution is -0.167. The molecule has 0 aromatic rings. The van der Waals surface area contributed by atoms with E-state index in [1.54, 1.807) is 0 Å². The summed E-state index contributed by atoms with van der Waals surface area (Å²) in [6.45, 7) is 6.44. The van der Waals surface area contributed by atoms with Crippen LogP contribution >= 0.6 is 0 Å². The molecule has 6 nitrogen and oxygen atoms in total. The van der Waals surface area contributed by atoms with E-state index in [1.165, 1.54) is 77.0 Å². The zero-order valence-corrected chi connectivity index (χ0v) is 38.0. The molecule has 1 atom stereocenters. The fourth-order valence-corrected chi connectivity index (χ4v) is 6.55. The molecule has 0 radical (unpaired) electrons. The lowest BCUT2D eigenvalue weighted by atomic mass is 10.1. The number of ether oxygens (including phenoxy) is 3. The molecule has 0 heterocycles. The molecule has 0 fully saturated rings. The van der Waals surface area contributed by atoms with Crippen LogP contribution in [-0.4, -0.2) is 37.2 Å². The maximum absolute atomic E-state index is 12.7. The third kappa shape index (κ3) is 44.2. The highest BCUT2D eigenvalue weighted by Gasteiger charge is 2.19. The van der Waals surface area contributed by atoms with E-state index in [2.05, 4.69) is 81.5 Å². The van der Waals surface area contributed by atoms with E-state index in [0.717, 1.165) is 116 Å². The number of hydrogen-bond donors (Lipinski definition) is 0. The van der Waals surface area contributed by atoms with Crippen LogP contribution in [-0.2, 0) is 28.6 Å². The van der Waals surface area contributed by atoms with Crippen molar-refractivity contribution in [3.05, 3.63) is 60.8 Å². The van der Waals surface area contributed by atoms with Gasteiger partial charge in [-0.15, -0.1) is 0 Å². The van der Waals surface area contributed by atoms with Crippen LogP contribution in [0.4, 0.5) is 0 Å². The molecule has 0 saturated carbocycles. The van der Waals surface area contributed by atoms with Crippen molar-refractivity contribution in [2.45, 2.75) is 239 Å². The first-order chi connectivity index (χ1) is 28.5. The molecule has 0 amide bonds. The largest absolute Gasteiger partial charge is 0.462 e. The Hall–Kier alpha value is -2.89. The van der Waals surface area contributed by atoms with Gasteiger partial charge in [-0.1, -0.05) is 178 Å². The van der Waals surface area contributed by atoms with Gasteiger partial charge in [-0.25, -0.2) is 0 Å². The number of rotatable bonds is 43. The Morgan fingerprint density at radius 1 is 0.362 bits per heavy atom. The predicted molar refractivity (Wildman–Crippen MR) is 247 cm³/mol. The number of unbranched alkanes of at least 4 members (excludes halogenated alkanes) is 22. The SMILES string of the molecule is CC/C=C\C/C=C\C/C=C\CCCCCCCC(=O)OC[C@@H](COC(=O)CCCCCCC/C=C\CCCC)OC(=O)CCCCCCC/C=C\CCCCCCC. The number of hydrogen-bond acceptors (Lipinski definition) is 6. The van der Waals surface area contributed by atoms with Crippen molar-refractivity contribution >= 4 is 17.9 Å². The number of carbonyl (C=O) groups is 3. The molecule has 0 unspecified atom stereocenters. The van der Waals surface area contributed by atoms with Gasteiger partial charge in [0.1, 0.15) is 13.2 Å². The van der Waals surface area contributed by atoms with Gasteiger partial charge in [-0.05, 0) is 96.3 Å². The Balaban J connectivity index is 4.42. The minimum absolute atomic E-state index is 0.0878. The minimum atomic E-state index is -0.786. The number of carbonyl (C=O) groups excluding carboxylic acids is 3. The minimum Gasteiger partial charge on any atom is -0.462 e. The molecule has 0 aliphatic rings. The second kappa shape index (κ2) is 46.8. The molecule has 0 aromatic carbocycles. The number of allylic oxidation sites excluding steroid dienone is 10. The molecule has 0 spiro atoms. The van der Waals surface area contributed by atoms with Crippen molar-refractivity contribution in [1.82, 2.24) is 0 Å². The summed E-state index contributed by atoms with van der Waals surface area (Å²) in [6, 6.07) is 0. The fraction of sp³-hybridized carbons (Fsp3) is 0.750. The quantitative estimate of drug-likeness (QED) is 0.0264. The van der Waals surface area contributed by atoms with Crippen LogP contribution in [0.1, 0.15) is 233 Å². The molecule has 0 bridgehead atoms. The van der Waals surface area contributed by atoms with Gasteiger partial charge >= 0.3 is 17.9 Å². The van der Waals surface area contributed by atoms with Gasteiger partial charge in [0.15, 0.2) is 6.10 Å². The van der Waals surface area contributed by atoms with Crippen LogP contribution in [0.25, 0.3) is 0 Å². The third-order valence-corrected chi connectivity index (χ3v) is 10.2. The molecule has 0 aliphatic carbocycles. The Morgan fingerprint density at radius 2 is 0.690 bits per heavy atom. The molecule has 0 aliphatic heterocycles. The van der Waals surface area contributed by atoms with E-state index >= 15 is 0 Å². The summed E-state index contributed by atoms with van der Waals surface area (Å²) in [4.78, 5) is 37.8. The van der Waals surface area contributed by atoms with Crippen LogP contribution < -0.4 is 0 Å². The van der Waals surface area contributed by atoms with Crippen LogP contribution in [0.5, 0.6) is 0 Å². The second-order valence-electron chi connectivity index (χ2n) is 16.0. The third-order valence-electron chi connectivity index (χ3n) is 10.2. The van der Waals surface area contributed by atoms with Crippen LogP contribution in [0.2, 0.25) is 0 Å². The first kappa shape index (κ1) is 55.1. The summed E-state index contributed by atoms with van der Waals surface area (Å²) >= 11 is 0. The summed E-state index contributed by atoms with van der Waals surface area (Å²) in [6.07, 6.45) is 56.3. The topological polar surface area (TPSA) is 78.9 Å². The van der Waals surface area contributed by atoms with E-state index in [0.29, 0.717) is 19.3 Å². The highest BCUT2D eigenvalue weighted by molar-refractivity contribution is 5.71. The van der Waals surface area contributed by atoms with E-state index < -0.39 is 6.10 Å². The van der Waals surface area contributed by atoms with E-state index in [4.69, 9.17) is 14.2 Å². The maximum atomic E-state index is 12.7. The van der Waals surface area contributed by atoms with Crippen LogP contribution in [0.3, 0.4) is 0 Å². The van der Waals surface area contributed by atoms with Gasteiger partial charge in [-0.3, -0.25) is 14.4 Å². The average molecular weight is 811 g/mol. The summed E-state index contributed by atoms with van der Waals surface area (Å²) in [7, 11) is 0. The predicted octanol–water partition coefficient (Wildman–Crippen LogP) is 15.7. The molecule has 6 heteroatoms. The summed E-state index contributed by atoms with van der Waals surface area (Å²) in [5.74, 6) is -0.923. The van der Waals surface area contributed by atoms with E-state index in [9.17, 15) is 14.4 Å². The first-order valence-corrected chi connectivity index (χ1v) is 24.3. The van der Waals surface area contributed by atoms with Gasteiger partial charge in [-0.2, -0.15) is 0 Å². The average Bonchev–Trinajstić information content (AvgIpc) is 3.22. The normalized spacial score (nSPS) is 12.5. The summed E-state index contributed by atoms with van der Waals surface area (Å²) < 4.78 is 16.7. The van der Waals surface area contributed by atoms with E-state index in [1.807, 2.05) is 0 Å². The van der Waals surface area contributed by atoms with E-state index in [-0.39, 0.29) is 31.1 Å². The maximum Gasteiger partial charge on any atom is 0.306 e. The van der Waals surface area contributed by atoms with Crippen molar-refractivity contribution in [3.8, 4) is 0 Å². The van der Waals surface area contributed by atoms with Crippen molar-refractivity contribution in [1.29, 1.82) is 0 Å². The lowest BCUT2D eigenvalue weighted by Crippen LogP contribution is -2.30. The van der Waals surface area contributed by atoms with Crippen molar-refractivity contribution < 1.29 is 28.6 Å². The van der Waals surface area contributed by atoms with Crippen LogP contribution in [0.15, 0.2) is 60.8 Å². The second-order valence-corrected chi connectivity index (χ2v) is 16.0. The van der Waals surface area contributed by atoms with Crippen molar-refractivity contribution in [2.24, 2.45) is 0 Å². The molecule has 334 valence electrons. The lowest BCUT2D eigenvalue weighted by Gasteiger charge is -2.18. The standard InChI is InChI=1S/C52H90O6/c1-4-7-10-13-16-19-22-24-26-28-30-33-36-39-42-45-51(54)57-48-49(47-56-50(53)44-41-38-35-32-29-21-18-15-12-9-6-3)58-52(55)46-43-40-37-34-31-27-25-23-20-17-14-11-8-5-2/h7,10,15-16,18-19,23-26,49H,4-6,8-9,11-14,17,20-22,27-48H2,1-3H3/b10-7-,18-15-,19-16-,25-23-,26-24-/t49-/m1/s1. The molecule has 0 N–H and O–H groups in total. The Kier molecular flexibility index (Phi) is 44.5. The Bertz CT molecular complexity index is 1070.